The van der Waals surface area contributed by atoms with Crippen LogP contribution in [0.3, 0.4) is 0 Å². The van der Waals surface area contributed by atoms with Crippen LogP contribution in [0, 0.1) is 17.2 Å². The summed E-state index contributed by atoms with van der Waals surface area (Å²) in [4.78, 5) is 3.24. The lowest BCUT2D eigenvalue weighted by molar-refractivity contribution is 0.136. The molecule has 4 heteroatoms. The van der Waals surface area contributed by atoms with Crippen molar-refractivity contribution in [2.45, 2.75) is 24.3 Å². The number of hydrogen-bond acceptors (Lipinski definition) is 4. The molecule has 0 saturated carbocycles. The standard InChI is InChI=1S/C14H18N2OS/c1-10(17)11-6-7-16(9-11)13-4-3-5-14(18-2)12(13)8-15/h3-5,10-11,17H,6-7,9H2,1-2H3. The van der Waals surface area contributed by atoms with Crippen molar-refractivity contribution in [1.29, 1.82) is 5.26 Å². The monoisotopic (exact) mass is 262 g/mol. The molecule has 0 aliphatic carbocycles. The first-order valence-corrected chi connectivity index (χ1v) is 7.40. The van der Waals surface area contributed by atoms with Gasteiger partial charge in [-0.25, -0.2) is 0 Å². The second-order valence-corrected chi connectivity index (χ2v) is 5.55. The van der Waals surface area contributed by atoms with Gasteiger partial charge in [0.2, 0.25) is 0 Å². The van der Waals surface area contributed by atoms with Crippen LogP contribution >= 0.6 is 11.8 Å². The summed E-state index contributed by atoms with van der Waals surface area (Å²) in [5, 5.41) is 19.0. The minimum Gasteiger partial charge on any atom is -0.393 e. The van der Waals surface area contributed by atoms with Crippen LogP contribution in [0.15, 0.2) is 23.1 Å². The molecular formula is C14H18N2OS. The van der Waals surface area contributed by atoms with E-state index in [-0.39, 0.29) is 6.10 Å². The first-order chi connectivity index (χ1) is 8.67. The molecule has 0 bridgehead atoms. The second kappa shape index (κ2) is 5.64. The largest absolute Gasteiger partial charge is 0.393 e. The van der Waals surface area contributed by atoms with Crippen molar-refractivity contribution in [2.24, 2.45) is 5.92 Å². The average Bonchev–Trinajstić information content (AvgIpc) is 2.87. The first kappa shape index (κ1) is 13.3. The zero-order valence-electron chi connectivity index (χ0n) is 10.8. The summed E-state index contributed by atoms with van der Waals surface area (Å²) < 4.78 is 0. The highest BCUT2D eigenvalue weighted by Gasteiger charge is 2.27. The van der Waals surface area contributed by atoms with Crippen molar-refractivity contribution >= 4 is 17.4 Å². The molecule has 1 aliphatic rings. The van der Waals surface area contributed by atoms with E-state index in [4.69, 9.17) is 0 Å². The van der Waals surface area contributed by atoms with E-state index in [2.05, 4.69) is 11.0 Å². The van der Waals surface area contributed by atoms with E-state index in [1.54, 1.807) is 11.8 Å². The Bertz CT molecular complexity index is 467. The Labute approximate surface area is 112 Å². The van der Waals surface area contributed by atoms with Gasteiger partial charge in [0.1, 0.15) is 6.07 Å². The molecule has 1 saturated heterocycles. The van der Waals surface area contributed by atoms with Crippen molar-refractivity contribution in [3.8, 4) is 6.07 Å². The summed E-state index contributed by atoms with van der Waals surface area (Å²) in [7, 11) is 0. The third-order valence-corrected chi connectivity index (χ3v) is 4.36. The number of nitrogens with zero attached hydrogens (tertiary/aromatic N) is 2. The van der Waals surface area contributed by atoms with Crippen LogP contribution in [-0.2, 0) is 0 Å². The molecule has 3 nitrogen and oxygen atoms in total. The van der Waals surface area contributed by atoms with E-state index in [1.165, 1.54) is 0 Å². The van der Waals surface area contributed by atoms with Gasteiger partial charge >= 0.3 is 0 Å². The summed E-state index contributed by atoms with van der Waals surface area (Å²) in [6.45, 7) is 3.60. The summed E-state index contributed by atoms with van der Waals surface area (Å²) >= 11 is 1.60. The fraction of sp³-hybridized carbons (Fsp3) is 0.500. The minimum absolute atomic E-state index is 0.274. The number of nitriles is 1. The number of aliphatic hydroxyl groups excluding tert-OH is 1. The van der Waals surface area contributed by atoms with Gasteiger partial charge in [0.25, 0.3) is 0 Å². The topological polar surface area (TPSA) is 47.3 Å². The van der Waals surface area contributed by atoms with E-state index in [1.807, 2.05) is 31.4 Å². The summed E-state index contributed by atoms with van der Waals surface area (Å²) in [6, 6.07) is 8.29. The van der Waals surface area contributed by atoms with E-state index < -0.39 is 0 Å². The van der Waals surface area contributed by atoms with Crippen molar-refractivity contribution in [3.05, 3.63) is 23.8 Å². The molecule has 2 rings (SSSR count). The molecule has 96 valence electrons. The van der Waals surface area contributed by atoms with E-state index >= 15 is 0 Å². The van der Waals surface area contributed by atoms with Gasteiger partial charge < -0.3 is 10.0 Å². The molecular weight excluding hydrogens is 244 g/mol. The zero-order chi connectivity index (χ0) is 13.1. The smallest absolute Gasteiger partial charge is 0.103 e. The molecule has 1 aliphatic heterocycles. The van der Waals surface area contributed by atoms with Gasteiger partial charge in [-0.2, -0.15) is 5.26 Å². The molecule has 1 heterocycles. The molecule has 0 spiro atoms. The van der Waals surface area contributed by atoms with Crippen molar-refractivity contribution in [2.75, 3.05) is 24.2 Å². The van der Waals surface area contributed by atoms with Gasteiger partial charge in [-0.15, -0.1) is 11.8 Å². The fourth-order valence-corrected chi connectivity index (χ4v) is 3.03. The summed E-state index contributed by atoms with van der Waals surface area (Å²) in [5.74, 6) is 0.314. The van der Waals surface area contributed by atoms with Gasteiger partial charge in [0.05, 0.1) is 17.4 Å². The predicted octanol–water partition coefficient (Wildman–Crippen LogP) is 2.49. The second-order valence-electron chi connectivity index (χ2n) is 4.70. The van der Waals surface area contributed by atoms with Gasteiger partial charge in [-0.1, -0.05) is 6.07 Å². The van der Waals surface area contributed by atoms with E-state index in [0.29, 0.717) is 5.92 Å². The number of benzene rings is 1. The Balaban J connectivity index is 2.27. The Kier molecular flexibility index (Phi) is 4.15. The lowest BCUT2D eigenvalue weighted by Gasteiger charge is -2.21. The molecule has 1 fully saturated rings. The molecule has 0 radical (unpaired) electrons. The summed E-state index contributed by atoms with van der Waals surface area (Å²) in [5.41, 5.74) is 1.77. The van der Waals surface area contributed by atoms with Gasteiger partial charge in [0, 0.05) is 23.9 Å². The lowest BCUT2D eigenvalue weighted by Crippen LogP contribution is -2.24. The average molecular weight is 262 g/mol. The van der Waals surface area contributed by atoms with E-state index in [9.17, 15) is 10.4 Å². The zero-order valence-corrected chi connectivity index (χ0v) is 11.6. The third kappa shape index (κ3) is 2.47. The molecule has 1 aromatic carbocycles. The third-order valence-electron chi connectivity index (χ3n) is 3.58. The molecule has 2 atom stereocenters. The number of hydrogen-bond donors (Lipinski definition) is 1. The molecule has 1 N–H and O–H groups in total. The highest BCUT2D eigenvalue weighted by molar-refractivity contribution is 7.98. The van der Waals surface area contributed by atoms with Crippen LogP contribution < -0.4 is 4.90 Å². The van der Waals surface area contributed by atoms with E-state index in [0.717, 1.165) is 35.7 Å². The number of rotatable bonds is 3. The Morgan fingerprint density at radius 3 is 2.89 bits per heavy atom. The Hall–Kier alpha value is -1.18. The highest BCUT2D eigenvalue weighted by atomic mass is 32.2. The lowest BCUT2D eigenvalue weighted by atomic mass is 10.0. The van der Waals surface area contributed by atoms with Crippen molar-refractivity contribution < 1.29 is 5.11 Å². The van der Waals surface area contributed by atoms with Gasteiger partial charge in [-0.05, 0) is 31.7 Å². The van der Waals surface area contributed by atoms with Crippen LogP contribution in [0.2, 0.25) is 0 Å². The van der Waals surface area contributed by atoms with Crippen LogP contribution in [0.25, 0.3) is 0 Å². The van der Waals surface area contributed by atoms with Gasteiger partial charge in [0.15, 0.2) is 0 Å². The van der Waals surface area contributed by atoms with Crippen LogP contribution in [-0.4, -0.2) is 30.6 Å². The summed E-state index contributed by atoms with van der Waals surface area (Å²) in [6.07, 6.45) is 2.71. The molecule has 0 aromatic heterocycles. The Morgan fingerprint density at radius 2 is 2.33 bits per heavy atom. The predicted molar refractivity (Wildman–Crippen MR) is 74.9 cm³/mol. The Morgan fingerprint density at radius 1 is 1.56 bits per heavy atom. The van der Waals surface area contributed by atoms with Crippen molar-refractivity contribution in [3.63, 3.8) is 0 Å². The van der Waals surface area contributed by atoms with Gasteiger partial charge in [-0.3, -0.25) is 0 Å². The maximum Gasteiger partial charge on any atom is 0.103 e. The quantitative estimate of drug-likeness (QED) is 0.850. The molecule has 18 heavy (non-hydrogen) atoms. The SMILES string of the molecule is CSc1cccc(N2CCC(C(C)O)C2)c1C#N. The van der Waals surface area contributed by atoms with Crippen LogP contribution in [0.4, 0.5) is 5.69 Å². The number of anilines is 1. The van der Waals surface area contributed by atoms with Crippen molar-refractivity contribution in [1.82, 2.24) is 0 Å². The first-order valence-electron chi connectivity index (χ1n) is 6.17. The normalized spacial score (nSPS) is 20.8. The highest BCUT2D eigenvalue weighted by Crippen LogP contribution is 2.32. The number of thioether (sulfide) groups is 1. The molecule has 0 amide bonds. The van der Waals surface area contributed by atoms with Crippen LogP contribution in [0.5, 0.6) is 0 Å². The maximum atomic E-state index is 9.65. The minimum atomic E-state index is -0.274. The molecule has 1 aromatic rings. The fourth-order valence-electron chi connectivity index (χ4n) is 2.47. The number of aliphatic hydroxyl groups is 1. The molecule has 2 unspecified atom stereocenters. The van der Waals surface area contributed by atoms with Crippen LogP contribution in [0.1, 0.15) is 18.9 Å². The maximum absolute atomic E-state index is 9.65.